The van der Waals surface area contributed by atoms with E-state index in [1.807, 2.05) is 0 Å². The quantitative estimate of drug-likeness (QED) is 0.506. The minimum absolute atomic E-state index is 0.702. The number of rotatable bonds is 2. The zero-order valence-corrected chi connectivity index (χ0v) is 15.7. The fourth-order valence-electron chi connectivity index (χ4n) is 2.95. The van der Waals surface area contributed by atoms with Gasteiger partial charge in [-0.05, 0) is 72.3 Å². The highest BCUT2D eigenvalue weighted by atomic mass is 32.2. The lowest BCUT2D eigenvalue weighted by atomic mass is 10.3. The Bertz CT molecular complexity index is 711. The van der Waals surface area contributed by atoms with Gasteiger partial charge in [0, 0.05) is 0 Å². The molecule has 0 radical (unpaired) electrons. The van der Waals surface area contributed by atoms with Crippen LogP contribution in [0.3, 0.4) is 0 Å². The summed E-state index contributed by atoms with van der Waals surface area (Å²) in [7, 11) is -1.56. The minimum atomic E-state index is -0.781. The largest absolute Gasteiger partial charge is 0.192 e. The second-order valence-electron chi connectivity index (χ2n) is 5.70. The van der Waals surface area contributed by atoms with Crippen LogP contribution in [0.15, 0.2) is 52.7 Å². The summed E-state index contributed by atoms with van der Waals surface area (Å²) in [6.07, 6.45) is 4.32. The molecular weight excluding hydrogens is 308 g/mol. The monoisotopic (exact) mass is 330 g/mol. The van der Waals surface area contributed by atoms with E-state index in [1.165, 1.54) is 30.8 Å². The van der Waals surface area contributed by atoms with Crippen molar-refractivity contribution < 1.29 is 0 Å². The Morgan fingerprint density at radius 1 is 0.727 bits per heavy atom. The van der Waals surface area contributed by atoms with Crippen LogP contribution in [0.25, 0.3) is 0 Å². The highest BCUT2D eigenvalue weighted by molar-refractivity contribution is 8.30. The zero-order valence-electron chi connectivity index (χ0n) is 13.9. The maximum absolute atomic E-state index is 9.79. The summed E-state index contributed by atoms with van der Waals surface area (Å²) >= 11 is 0. The van der Waals surface area contributed by atoms with E-state index in [1.54, 1.807) is 0 Å². The Labute approximate surface area is 138 Å². The summed E-state index contributed by atoms with van der Waals surface area (Å²) in [5.41, 5.74) is 2.48. The van der Waals surface area contributed by atoms with Gasteiger partial charge in [-0.3, -0.25) is 0 Å². The molecule has 22 heavy (non-hydrogen) atoms. The molecule has 116 valence electrons. The van der Waals surface area contributed by atoms with E-state index in [0.29, 0.717) is 9.81 Å². The number of hydrogen-bond acceptors (Lipinski definition) is 2. The lowest BCUT2D eigenvalue weighted by Crippen LogP contribution is -1.94. The average Bonchev–Trinajstić information content (AvgIpc) is 2.86. The normalized spacial score (nSPS) is 28.9. The average molecular weight is 331 g/mol. The number of hydrogen-bond donors (Lipinski definition) is 2. The zero-order chi connectivity index (χ0) is 16.6. The molecule has 0 aliphatic carbocycles. The first kappa shape index (κ1) is 16.7. The fourth-order valence-corrected chi connectivity index (χ4v) is 8.19. The second kappa shape index (κ2) is 6.24. The summed E-state index contributed by atoms with van der Waals surface area (Å²) in [5, 5.41) is 19.6. The molecule has 0 aromatic rings. The molecule has 2 nitrogen and oxygen atoms in total. The van der Waals surface area contributed by atoms with Crippen LogP contribution in [0.2, 0.25) is 0 Å². The highest BCUT2D eigenvalue weighted by Crippen LogP contribution is 2.62. The summed E-state index contributed by atoms with van der Waals surface area (Å²) in [6, 6.07) is 4.77. The number of nitrogens with zero attached hydrogens (tertiary/aromatic N) is 2. The van der Waals surface area contributed by atoms with Crippen molar-refractivity contribution in [3.8, 4) is 12.1 Å². The summed E-state index contributed by atoms with van der Waals surface area (Å²) < 4.78 is 0. The Morgan fingerprint density at radius 2 is 1.05 bits per heavy atom. The van der Waals surface area contributed by atoms with Gasteiger partial charge in [-0.25, -0.2) is 0 Å². The number of thiol groups is 2. The molecule has 2 aliphatic rings. The van der Waals surface area contributed by atoms with E-state index >= 15 is 0 Å². The molecule has 2 aliphatic heterocycles. The molecule has 0 fully saturated rings. The van der Waals surface area contributed by atoms with E-state index in [0.717, 1.165) is 0 Å². The predicted molar refractivity (Wildman–Crippen MR) is 100 cm³/mol. The van der Waals surface area contributed by atoms with E-state index in [-0.39, 0.29) is 0 Å². The SMILES string of the molecule is CC1=CC(C)=C(C)[SH]1/C(C#N)=C(/C#N)[SH]1C(C)=CC(C)=C1C. The smallest absolute Gasteiger partial charge is 0.107 e. The lowest BCUT2D eigenvalue weighted by Gasteiger charge is -2.25. The van der Waals surface area contributed by atoms with E-state index in [9.17, 15) is 10.5 Å². The molecule has 0 bridgehead atoms. The summed E-state index contributed by atoms with van der Waals surface area (Å²) in [5.74, 6) is 0. The van der Waals surface area contributed by atoms with Gasteiger partial charge in [-0.2, -0.15) is 32.3 Å². The lowest BCUT2D eigenvalue weighted by molar-refractivity contribution is 1.46. The molecule has 2 heterocycles. The van der Waals surface area contributed by atoms with Gasteiger partial charge >= 0.3 is 0 Å². The maximum Gasteiger partial charge on any atom is 0.107 e. The molecule has 2 atom stereocenters. The van der Waals surface area contributed by atoms with Crippen molar-refractivity contribution in [3.63, 3.8) is 0 Å². The Hall–Kier alpha value is -1.62. The molecule has 0 saturated heterocycles. The van der Waals surface area contributed by atoms with Crippen molar-refractivity contribution in [2.24, 2.45) is 0 Å². The fraction of sp³-hybridized carbons (Fsp3) is 0.333. The first-order chi connectivity index (χ1) is 10.3. The third-order valence-electron chi connectivity index (χ3n) is 4.25. The van der Waals surface area contributed by atoms with Gasteiger partial charge in [-0.15, -0.1) is 0 Å². The number of nitriles is 2. The first-order valence-electron chi connectivity index (χ1n) is 7.19. The van der Waals surface area contributed by atoms with Gasteiger partial charge in [0.15, 0.2) is 0 Å². The van der Waals surface area contributed by atoms with Crippen LogP contribution >= 0.6 is 21.8 Å². The van der Waals surface area contributed by atoms with Crippen molar-refractivity contribution in [1.29, 1.82) is 10.5 Å². The highest BCUT2D eigenvalue weighted by Gasteiger charge is 2.29. The van der Waals surface area contributed by atoms with Gasteiger partial charge in [0.1, 0.15) is 12.1 Å². The molecule has 0 amide bonds. The van der Waals surface area contributed by atoms with Crippen molar-refractivity contribution in [1.82, 2.24) is 0 Å². The van der Waals surface area contributed by atoms with E-state index in [4.69, 9.17) is 0 Å². The third kappa shape index (κ3) is 2.58. The molecule has 0 spiro atoms. The predicted octanol–water partition coefficient (Wildman–Crippen LogP) is 5.67. The van der Waals surface area contributed by atoms with Gasteiger partial charge in [0.2, 0.25) is 0 Å². The third-order valence-corrected chi connectivity index (χ3v) is 9.69. The molecule has 0 N–H and O–H groups in total. The van der Waals surface area contributed by atoms with Crippen LogP contribution in [0.5, 0.6) is 0 Å². The molecular formula is C18H22N2S2. The minimum Gasteiger partial charge on any atom is -0.192 e. The van der Waals surface area contributed by atoms with E-state index in [2.05, 4.69) is 65.8 Å². The van der Waals surface area contributed by atoms with Crippen LogP contribution in [-0.4, -0.2) is 0 Å². The summed E-state index contributed by atoms with van der Waals surface area (Å²) in [4.78, 5) is 6.37. The molecule has 2 unspecified atom stereocenters. The summed E-state index contributed by atoms with van der Waals surface area (Å²) in [6.45, 7) is 12.5. The van der Waals surface area contributed by atoms with Gasteiger partial charge in [-0.1, -0.05) is 12.2 Å². The topological polar surface area (TPSA) is 47.6 Å². The molecule has 0 saturated carbocycles. The van der Waals surface area contributed by atoms with Crippen molar-refractivity contribution in [2.45, 2.75) is 41.5 Å². The van der Waals surface area contributed by atoms with Crippen LogP contribution in [-0.2, 0) is 0 Å². The Kier molecular flexibility index (Phi) is 4.75. The van der Waals surface area contributed by atoms with E-state index < -0.39 is 21.8 Å². The van der Waals surface area contributed by atoms with Crippen LogP contribution in [0.1, 0.15) is 41.5 Å². The van der Waals surface area contributed by atoms with Gasteiger partial charge < -0.3 is 0 Å². The molecule has 4 heteroatoms. The number of allylic oxidation sites excluding steroid dienone is 10. The standard InChI is InChI=1S/C18H22N2S2/c1-11-7-13(3)21(15(11)5)17(9-19)18(10-20)22-14(4)8-12(2)16(22)6/h7-8,21-22H,1-6H3/b18-17-. The van der Waals surface area contributed by atoms with Gasteiger partial charge in [0.25, 0.3) is 0 Å². The van der Waals surface area contributed by atoms with Crippen LogP contribution in [0, 0.1) is 22.7 Å². The first-order valence-corrected chi connectivity index (χ1v) is 9.88. The van der Waals surface area contributed by atoms with Crippen molar-refractivity contribution in [3.05, 3.63) is 52.7 Å². The Balaban J connectivity index is 2.64. The Morgan fingerprint density at radius 3 is 1.23 bits per heavy atom. The van der Waals surface area contributed by atoms with Crippen LogP contribution in [0.4, 0.5) is 0 Å². The van der Waals surface area contributed by atoms with Crippen LogP contribution < -0.4 is 0 Å². The maximum atomic E-state index is 9.79. The van der Waals surface area contributed by atoms with Gasteiger partial charge in [0.05, 0.1) is 9.81 Å². The second-order valence-corrected chi connectivity index (χ2v) is 10.7. The molecule has 0 aromatic carbocycles. The molecule has 0 aromatic heterocycles. The molecule has 2 rings (SSSR count). The van der Waals surface area contributed by atoms with Crippen molar-refractivity contribution in [2.75, 3.05) is 0 Å². The van der Waals surface area contributed by atoms with Crippen molar-refractivity contribution >= 4 is 21.8 Å².